The van der Waals surface area contributed by atoms with E-state index in [9.17, 15) is 0 Å². The first-order chi connectivity index (χ1) is 7.25. The molecular formula is C10H12N4S. The van der Waals surface area contributed by atoms with Gasteiger partial charge in [-0.2, -0.15) is 0 Å². The van der Waals surface area contributed by atoms with Crippen LogP contribution >= 0.6 is 11.3 Å². The number of hydrogen-bond donors (Lipinski definition) is 2. The summed E-state index contributed by atoms with van der Waals surface area (Å²) in [6.45, 7) is 2.84. The molecule has 78 valence electrons. The van der Waals surface area contributed by atoms with Gasteiger partial charge >= 0.3 is 0 Å². The van der Waals surface area contributed by atoms with Crippen LogP contribution in [0.3, 0.4) is 0 Å². The van der Waals surface area contributed by atoms with Crippen LogP contribution in [0.2, 0.25) is 0 Å². The molecule has 2 heterocycles. The zero-order valence-electron chi connectivity index (χ0n) is 8.40. The highest BCUT2D eigenvalue weighted by molar-refractivity contribution is 7.11. The number of nitrogens with zero attached hydrogens (tertiary/aromatic N) is 2. The molecule has 0 fully saturated rings. The summed E-state index contributed by atoms with van der Waals surface area (Å²) in [6.07, 6.45) is 3.08. The highest BCUT2D eigenvalue weighted by Gasteiger charge is 2.00. The van der Waals surface area contributed by atoms with Crippen molar-refractivity contribution < 1.29 is 0 Å². The van der Waals surface area contributed by atoms with Gasteiger partial charge in [0.2, 0.25) is 0 Å². The molecular weight excluding hydrogens is 208 g/mol. The Kier molecular flexibility index (Phi) is 2.82. The Morgan fingerprint density at radius 3 is 3.00 bits per heavy atom. The largest absolute Gasteiger partial charge is 0.394 e. The average molecular weight is 220 g/mol. The third-order valence-corrected chi connectivity index (χ3v) is 2.97. The first-order valence-corrected chi connectivity index (χ1v) is 5.42. The molecule has 0 amide bonds. The minimum Gasteiger partial charge on any atom is -0.394 e. The van der Waals surface area contributed by atoms with Crippen LogP contribution in [-0.4, -0.2) is 9.97 Å². The summed E-state index contributed by atoms with van der Waals surface area (Å²) < 4.78 is 0. The maximum absolute atomic E-state index is 5.71. The molecule has 15 heavy (non-hydrogen) atoms. The molecule has 0 unspecified atom stereocenters. The normalized spacial score (nSPS) is 10.2. The summed E-state index contributed by atoms with van der Waals surface area (Å²) in [7, 11) is 0. The van der Waals surface area contributed by atoms with Gasteiger partial charge in [0.15, 0.2) is 5.82 Å². The lowest BCUT2D eigenvalue weighted by Gasteiger charge is -2.05. The topological polar surface area (TPSA) is 63.8 Å². The van der Waals surface area contributed by atoms with Crippen molar-refractivity contribution in [2.24, 2.45) is 0 Å². The standard InChI is InChI=1S/C10H12N4S/c1-7-2-3-8(15-7)4-13-10-9(11)5-12-6-14-10/h2-3,5-6H,4,11H2,1H3,(H,12,13,14). The summed E-state index contributed by atoms with van der Waals surface area (Å²) in [6, 6.07) is 4.20. The Bertz CT molecular complexity index is 452. The second-order valence-electron chi connectivity index (χ2n) is 3.19. The van der Waals surface area contributed by atoms with E-state index in [1.54, 1.807) is 17.5 Å². The fourth-order valence-corrected chi connectivity index (χ4v) is 2.07. The molecule has 0 aliphatic heterocycles. The molecule has 0 aliphatic rings. The number of hydrogen-bond acceptors (Lipinski definition) is 5. The molecule has 0 atom stereocenters. The zero-order chi connectivity index (χ0) is 10.7. The summed E-state index contributed by atoms with van der Waals surface area (Å²) in [4.78, 5) is 10.5. The highest BCUT2D eigenvalue weighted by Crippen LogP contribution is 2.18. The Morgan fingerprint density at radius 1 is 1.47 bits per heavy atom. The molecule has 0 bridgehead atoms. The minimum atomic E-state index is 0.575. The highest BCUT2D eigenvalue weighted by atomic mass is 32.1. The number of aryl methyl sites for hydroxylation is 1. The second-order valence-corrected chi connectivity index (χ2v) is 4.57. The molecule has 0 saturated heterocycles. The molecule has 0 spiro atoms. The van der Waals surface area contributed by atoms with Gasteiger partial charge in [0.05, 0.1) is 18.4 Å². The van der Waals surface area contributed by atoms with Crippen molar-refractivity contribution in [1.82, 2.24) is 9.97 Å². The third kappa shape index (κ3) is 2.44. The summed E-state index contributed by atoms with van der Waals surface area (Å²) in [5.74, 6) is 0.691. The van der Waals surface area contributed by atoms with Crippen LogP contribution in [-0.2, 0) is 6.54 Å². The van der Waals surface area contributed by atoms with Gasteiger partial charge < -0.3 is 11.1 Å². The van der Waals surface area contributed by atoms with E-state index in [2.05, 4.69) is 34.3 Å². The van der Waals surface area contributed by atoms with Crippen molar-refractivity contribution in [3.63, 3.8) is 0 Å². The third-order valence-electron chi connectivity index (χ3n) is 1.97. The van der Waals surface area contributed by atoms with Gasteiger partial charge in [0.1, 0.15) is 6.33 Å². The van der Waals surface area contributed by atoms with E-state index in [1.165, 1.54) is 16.1 Å². The molecule has 0 aliphatic carbocycles. The smallest absolute Gasteiger partial charge is 0.152 e. The van der Waals surface area contributed by atoms with Crippen molar-refractivity contribution in [3.05, 3.63) is 34.4 Å². The molecule has 0 saturated carbocycles. The summed E-state index contributed by atoms with van der Waals surface area (Å²) in [5.41, 5.74) is 6.28. The number of anilines is 2. The van der Waals surface area contributed by atoms with Crippen LogP contribution in [0.4, 0.5) is 11.5 Å². The molecule has 2 rings (SSSR count). The number of thiophene rings is 1. The molecule has 4 nitrogen and oxygen atoms in total. The Hall–Kier alpha value is -1.62. The number of nitrogen functional groups attached to an aromatic ring is 1. The molecule has 0 aromatic carbocycles. The van der Waals surface area contributed by atoms with Gasteiger partial charge in [-0.3, -0.25) is 0 Å². The van der Waals surface area contributed by atoms with Crippen molar-refractivity contribution in [1.29, 1.82) is 0 Å². The van der Waals surface area contributed by atoms with E-state index < -0.39 is 0 Å². The first kappa shape index (κ1) is 9.92. The fourth-order valence-electron chi connectivity index (χ4n) is 1.24. The van der Waals surface area contributed by atoms with E-state index in [-0.39, 0.29) is 0 Å². The van der Waals surface area contributed by atoms with Crippen molar-refractivity contribution in [2.75, 3.05) is 11.1 Å². The molecule has 2 aromatic heterocycles. The van der Waals surface area contributed by atoms with Crippen LogP contribution in [0.15, 0.2) is 24.7 Å². The Balaban J connectivity index is 2.02. The number of nitrogens with one attached hydrogen (secondary N) is 1. The minimum absolute atomic E-state index is 0.575. The Morgan fingerprint density at radius 2 is 2.33 bits per heavy atom. The zero-order valence-corrected chi connectivity index (χ0v) is 9.21. The predicted molar refractivity (Wildman–Crippen MR) is 62.8 cm³/mol. The summed E-state index contributed by atoms with van der Waals surface area (Å²) in [5, 5.41) is 3.18. The lowest BCUT2D eigenvalue weighted by molar-refractivity contribution is 1.10. The van der Waals surface area contributed by atoms with Crippen LogP contribution < -0.4 is 11.1 Å². The first-order valence-electron chi connectivity index (χ1n) is 4.60. The van der Waals surface area contributed by atoms with Crippen molar-refractivity contribution in [2.45, 2.75) is 13.5 Å². The maximum Gasteiger partial charge on any atom is 0.152 e. The molecule has 2 aromatic rings. The number of rotatable bonds is 3. The quantitative estimate of drug-likeness (QED) is 0.830. The molecule has 3 N–H and O–H groups in total. The van der Waals surface area contributed by atoms with Gasteiger partial charge in [0.25, 0.3) is 0 Å². The Labute approximate surface area is 92.2 Å². The molecule has 5 heteroatoms. The van der Waals surface area contributed by atoms with Crippen LogP contribution in [0.1, 0.15) is 9.75 Å². The van der Waals surface area contributed by atoms with E-state index >= 15 is 0 Å². The number of aromatic nitrogens is 2. The van der Waals surface area contributed by atoms with Crippen LogP contribution in [0.25, 0.3) is 0 Å². The van der Waals surface area contributed by atoms with E-state index in [0.29, 0.717) is 11.5 Å². The van der Waals surface area contributed by atoms with Gasteiger partial charge in [0, 0.05) is 9.75 Å². The van der Waals surface area contributed by atoms with Gasteiger partial charge in [-0.05, 0) is 19.1 Å². The summed E-state index contributed by atoms with van der Waals surface area (Å²) >= 11 is 1.77. The SMILES string of the molecule is Cc1ccc(CNc2ncncc2N)s1. The average Bonchev–Trinajstić information content (AvgIpc) is 2.63. The van der Waals surface area contributed by atoms with Gasteiger partial charge in [-0.1, -0.05) is 0 Å². The fraction of sp³-hybridized carbons (Fsp3) is 0.200. The van der Waals surface area contributed by atoms with Gasteiger partial charge in [-0.15, -0.1) is 11.3 Å². The van der Waals surface area contributed by atoms with E-state index in [4.69, 9.17) is 5.73 Å². The lowest BCUT2D eigenvalue weighted by atomic mass is 10.4. The maximum atomic E-state index is 5.71. The second kappa shape index (κ2) is 4.27. The van der Waals surface area contributed by atoms with Crippen molar-refractivity contribution >= 4 is 22.8 Å². The van der Waals surface area contributed by atoms with Gasteiger partial charge in [-0.25, -0.2) is 9.97 Å². The van der Waals surface area contributed by atoms with Crippen molar-refractivity contribution in [3.8, 4) is 0 Å². The predicted octanol–water partition coefficient (Wildman–Crippen LogP) is 2.04. The lowest BCUT2D eigenvalue weighted by Crippen LogP contribution is -2.03. The van der Waals surface area contributed by atoms with E-state index in [0.717, 1.165) is 6.54 Å². The monoisotopic (exact) mass is 220 g/mol. The molecule has 0 radical (unpaired) electrons. The number of nitrogens with two attached hydrogens (primary N) is 1. The van der Waals surface area contributed by atoms with Crippen LogP contribution in [0, 0.1) is 6.92 Å². The van der Waals surface area contributed by atoms with Crippen LogP contribution in [0.5, 0.6) is 0 Å². The van der Waals surface area contributed by atoms with E-state index in [1.807, 2.05) is 0 Å².